The maximum atomic E-state index is 12.6. The van der Waals surface area contributed by atoms with Gasteiger partial charge in [-0.15, -0.1) is 0 Å². The lowest BCUT2D eigenvalue weighted by molar-refractivity contribution is -0.145. The van der Waals surface area contributed by atoms with Crippen LogP contribution in [0, 0.1) is 5.41 Å². The highest BCUT2D eigenvalue weighted by Crippen LogP contribution is 2.50. The number of aliphatic hydroxyl groups is 1. The molecule has 0 aromatic heterocycles. The van der Waals surface area contributed by atoms with Crippen molar-refractivity contribution in [1.82, 2.24) is 10.2 Å². The smallest absolute Gasteiger partial charge is 0.411 e. The fourth-order valence-electron chi connectivity index (χ4n) is 3.70. The maximum Gasteiger partial charge on any atom is 0.411 e. The minimum absolute atomic E-state index is 0.0576. The number of carbonyl (C=O) groups excluding carboxylic acids is 2. The summed E-state index contributed by atoms with van der Waals surface area (Å²) in [6.07, 6.45) is 5.26. The molecule has 0 unspecified atom stereocenters. The van der Waals surface area contributed by atoms with Crippen molar-refractivity contribution in [2.75, 3.05) is 19.7 Å². The topological polar surface area (TPSA) is 78.9 Å². The molecule has 0 radical (unpaired) electrons. The number of carbonyl (C=O) groups is 2. The SMILES string of the molecule is CC(C)(C)OC(=O)N1CC2(CCCC2)[C@H]1C(=O)NCCCCO. The predicted molar refractivity (Wildman–Crippen MR) is 87.0 cm³/mol. The fraction of sp³-hybridized carbons (Fsp3) is 0.882. The molecule has 23 heavy (non-hydrogen) atoms. The third-order valence-corrected chi connectivity index (χ3v) is 4.74. The van der Waals surface area contributed by atoms with Crippen LogP contribution in [0.4, 0.5) is 4.79 Å². The van der Waals surface area contributed by atoms with Crippen LogP contribution in [0.25, 0.3) is 0 Å². The molecule has 1 aliphatic carbocycles. The van der Waals surface area contributed by atoms with Crippen molar-refractivity contribution in [3.63, 3.8) is 0 Å². The third kappa shape index (κ3) is 4.16. The molecule has 1 saturated heterocycles. The van der Waals surface area contributed by atoms with E-state index in [4.69, 9.17) is 9.84 Å². The number of amides is 2. The van der Waals surface area contributed by atoms with Gasteiger partial charge in [0.05, 0.1) is 0 Å². The van der Waals surface area contributed by atoms with Crippen molar-refractivity contribution >= 4 is 12.0 Å². The fourth-order valence-corrected chi connectivity index (χ4v) is 3.70. The highest BCUT2D eigenvalue weighted by atomic mass is 16.6. The lowest BCUT2D eigenvalue weighted by atomic mass is 9.70. The highest BCUT2D eigenvalue weighted by molar-refractivity contribution is 5.88. The minimum Gasteiger partial charge on any atom is -0.444 e. The van der Waals surface area contributed by atoms with Crippen LogP contribution in [0.1, 0.15) is 59.3 Å². The summed E-state index contributed by atoms with van der Waals surface area (Å²) in [7, 11) is 0. The Morgan fingerprint density at radius 3 is 2.48 bits per heavy atom. The van der Waals surface area contributed by atoms with Crippen LogP contribution in [0.15, 0.2) is 0 Å². The molecule has 2 amide bonds. The van der Waals surface area contributed by atoms with Gasteiger partial charge in [-0.1, -0.05) is 12.8 Å². The Morgan fingerprint density at radius 1 is 1.26 bits per heavy atom. The molecule has 2 N–H and O–H groups in total. The maximum absolute atomic E-state index is 12.6. The molecular weight excluding hydrogens is 296 g/mol. The molecule has 1 heterocycles. The summed E-state index contributed by atoms with van der Waals surface area (Å²) in [5.41, 5.74) is -0.615. The molecule has 1 aliphatic heterocycles. The third-order valence-electron chi connectivity index (χ3n) is 4.74. The van der Waals surface area contributed by atoms with Crippen molar-refractivity contribution in [1.29, 1.82) is 0 Å². The van der Waals surface area contributed by atoms with Gasteiger partial charge in [0.15, 0.2) is 0 Å². The van der Waals surface area contributed by atoms with E-state index in [0.29, 0.717) is 19.5 Å². The molecule has 2 fully saturated rings. The normalized spacial score (nSPS) is 22.8. The first-order valence-electron chi connectivity index (χ1n) is 8.67. The number of aliphatic hydroxyl groups excluding tert-OH is 1. The second-order valence-corrected chi connectivity index (χ2v) is 7.80. The molecule has 1 atom stereocenters. The summed E-state index contributed by atoms with van der Waals surface area (Å²) in [5.74, 6) is -0.0815. The molecule has 1 saturated carbocycles. The minimum atomic E-state index is -0.558. The van der Waals surface area contributed by atoms with Gasteiger partial charge < -0.3 is 15.2 Å². The number of nitrogens with zero attached hydrogens (tertiary/aromatic N) is 1. The Kier molecular flexibility index (Phi) is 5.55. The molecule has 2 aliphatic rings. The zero-order valence-corrected chi connectivity index (χ0v) is 14.6. The Morgan fingerprint density at radius 2 is 1.91 bits per heavy atom. The van der Waals surface area contributed by atoms with Crippen LogP contribution in [-0.4, -0.2) is 53.3 Å². The van der Waals surface area contributed by atoms with E-state index < -0.39 is 17.7 Å². The van der Waals surface area contributed by atoms with Gasteiger partial charge in [-0.2, -0.15) is 0 Å². The van der Waals surface area contributed by atoms with Crippen molar-refractivity contribution in [2.45, 2.75) is 70.9 Å². The molecule has 0 aromatic carbocycles. The lowest BCUT2D eigenvalue weighted by Gasteiger charge is -2.54. The van der Waals surface area contributed by atoms with E-state index >= 15 is 0 Å². The number of rotatable bonds is 5. The van der Waals surface area contributed by atoms with E-state index in [1.165, 1.54) is 0 Å². The molecule has 6 heteroatoms. The number of unbranched alkanes of at least 4 members (excludes halogenated alkanes) is 1. The number of ether oxygens (including phenoxy) is 1. The molecule has 0 aromatic rings. The quantitative estimate of drug-likeness (QED) is 0.758. The standard InChI is InChI=1S/C17H30N2O4/c1-16(2,3)23-15(22)19-12-17(8-4-5-9-17)13(19)14(21)18-10-6-7-11-20/h13,20H,4-12H2,1-3H3,(H,18,21)/t13-/m1/s1. The molecular formula is C17H30N2O4. The van der Waals surface area contributed by atoms with Gasteiger partial charge >= 0.3 is 6.09 Å². The molecule has 2 rings (SSSR count). The van der Waals surface area contributed by atoms with Crippen LogP contribution >= 0.6 is 0 Å². The summed E-state index contributed by atoms with van der Waals surface area (Å²) in [4.78, 5) is 26.6. The summed E-state index contributed by atoms with van der Waals surface area (Å²) >= 11 is 0. The Bertz CT molecular complexity index is 438. The van der Waals surface area contributed by atoms with E-state index in [1.807, 2.05) is 20.8 Å². The Hall–Kier alpha value is -1.30. The zero-order valence-electron chi connectivity index (χ0n) is 14.6. The summed E-state index contributed by atoms with van der Waals surface area (Å²) in [5, 5.41) is 11.7. The predicted octanol–water partition coefficient (Wildman–Crippen LogP) is 2.05. The first kappa shape index (κ1) is 18.0. The van der Waals surface area contributed by atoms with Crippen molar-refractivity contribution in [2.24, 2.45) is 5.41 Å². The average Bonchev–Trinajstić information content (AvgIpc) is 2.90. The van der Waals surface area contributed by atoms with E-state index in [0.717, 1.165) is 32.1 Å². The first-order chi connectivity index (χ1) is 10.8. The van der Waals surface area contributed by atoms with Gasteiger partial charge in [0, 0.05) is 25.1 Å². The van der Waals surface area contributed by atoms with Crippen LogP contribution < -0.4 is 5.32 Å². The van der Waals surface area contributed by atoms with Gasteiger partial charge in [0.2, 0.25) is 5.91 Å². The number of hydrogen-bond donors (Lipinski definition) is 2. The van der Waals surface area contributed by atoms with Crippen LogP contribution in [0.2, 0.25) is 0 Å². The lowest BCUT2D eigenvalue weighted by Crippen LogP contribution is -2.70. The van der Waals surface area contributed by atoms with Gasteiger partial charge in [0.1, 0.15) is 11.6 Å². The van der Waals surface area contributed by atoms with E-state index in [9.17, 15) is 9.59 Å². The van der Waals surface area contributed by atoms with Crippen molar-refractivity contribution in [3.8, 4) is 0 Å². The van der Waals surface area contributed by atoms with Crippen molar-refractivity contribution < 1.29 is 19.4 Å². The number of likely N-dealkylation sites (tertiary alicyclic amines) is 1. The van der Waals surface area contributed by atoms with E-state index in [2.05, 4.69) is 5.32 Å². The molecule has 6 nitrogen and oxygen atoms in total. The summed E-state index contributed by atoms with van der Waals surface area (Å²) in [6.45, 7) is 6.79. The highest BCUT2D eigenvalue weighted by Gasteiger charge is 2.59. The average molecular weight is 326 g/mol. The second-order valence-electron chi connectivity index (χ2n) is 7.80. The first-order valence-corrected chi connectivity index (χ1v) is 8.67. The monoisotopic (exact) mass is 326 g/mol. The molecule has 1 spiro atoms. The van der Waals surface area contributed by atoms with E-state index in [1.54, 1.807) is 4.90 Å². The van der Waals surface area contributed by atoms with Crippen molar-refractivity contribution in [3.05, 3.63) is 0 Å². The van der Waals surface area contributed by atoms with Gasteiger partial charge in [-0.3, -0.25) is 9.69 Å². The number of nitrogens with one attached hydrogen (secondary N) is 1. The Labute approximate surface area is 138 Å². The summed E-state index contributed by atoms with van der Waals surface area (Å²) < 4.78 is 5.44. The summed E-state index contributed by atoms with van der Waals surface area (Å²) in [6, 6.07) is -0.408. The van der Waals surface area contributed by atoms with Crippen LogP contribution in [-0.2, 0) is 9.53 Å². The van der Waals surface area contributed by atoms with E-state index in [-0.39, 0.29) is 17.9 Å². The van der Waals surface area contributed by atoms with Gasteiger partial charge in [-0.05, 0) is 46.5 Å². The van der Waals surface area contributed by atoms with Gasteiger partial charge in [0.25, 0.3) is 0 Å². The largest absolute Gasteiger partial charge is 0.444 e. The zero-order chi connectivity index (χ0) is 17.1. The number of hydrogen-bond acceptors (Lipinski definition) is 4. The molecule has 0 bridgehead atoms. The van der Waals surface area contributed by atoms with Gasteiger partial charge in [-0.25, -0.2) is 4.79 Å². The van der Waals surface area contributed by atoms with Crippen LogP contribution in [0.5, 0.6) is 0 Å². The van der Waals surface area contributed by atoms with Crippen LogP contribution in [0.3, 0.4) is 0 Å². The second kappa shape index (κ2) is 7.07. The Balaban J connectivity index is 1.99. The molecule has 132 valence electrons.